The van der Waals surface area contributed by atoms with E-state index < -0.39 is 0 Å². The van der Waals surface area contributed by atoms with Crippen LogP contribution in [0.25, 0.3) is 0 Å². The average Bonchev–Trinajstić information content (AvgIpc) is 2.72. The molecular formula is C17H22BrNO2. The number of rotatable bonds is 5. The van der Waals surface area contributed by atoms with E-state index in [1.165, 1.54) is 16.7 Å². The summed E-state index contributed by atoms with van der Waals surface area (Å²) in [6, 6.07) is 6.28. The molecule has 4 heteroatoms. The predicted molar refractivity (Wildman–Crippen MR) is 89.1 cm³/mol. The Morgan fingerprint density at radius 1 is 1.24 bits per heavy atom. The monoisotopic (exact) mass is 351 g/mol. The molecule has 1 atom stereocenters. The Kier molecular flexibility index (Phi) is 5.12. The molecule has 21 heavy (non-hydrogen) atoms. The van der Waals surface area contributed by atoms with E-state index in [0.717, 1.165) is 28.2 Å². The second-order valence-corrected chi connectivity index (χ2v) is 6.11. The van der Waals surface area contributed by atoms with E-state index >= 15 is 0 Å². The Hall–Kier alpha value is -1.26. The molecule has 0 aliphatic carbocycles. The number of furan rings is 1. The van der Waals surface area contributed by atoms with Crippen LogP contribution in [0.1, 0.15) is 34.3 Å². The molecule has 0 fully saturated rings. The zero-order chi connectivity index (χ0) is 15.6. The van der Waals surface area contributed by atoms with Gasteiger partial charge in [0, 0.05) is 16.1 Å². The quantitative estimate of drug-likeness (QED) is 0.862. The number of halogens is 1. The number of aryl methyl sites for hydroxylation is 2. The molecule has 0 spiro atoms. The second-order valence-electron chi connectivity index (χ2n) is 5.26. The molecule has 1 aromatic heterocycles. The molecule has 0 amide bonds. The van der Waals surface area contributed by atoms with Crippen molar-refractivity contribution in [3.63, 3.8) is 0 Å². The Balaban J connectivity index is 2.35. The van der Waals surface area contributed by atoms with E-state index in [9.17, 15) is 0 Å². The minimum atomic E-state index is 0.214. The molecule has 0 saturated carbocycles. The van der Waals surface area contributed by atoms with Crippen molar-refractivity contribution in [1.82, 2.24) is 5.32 Å². The van der Waals surface area contributed by atoms with Crippen LogP contribution in [0.4, 0.5) is 0 Å². The summed E-state index contributed by atoms with van der Waals surface area (Å²) in [5.74, 6) is 2.86. The number of likely N-dealkylation sites (N-methyl/N-ethyl adjacent to an activating group) is 1. The van der Waals surface area contributed by atoms with Crippen molar-refractivity contribution < 1.29 is 9.15 Å². The third-order valence-electron chi connectivity index (χ3n) is 3.99. The van der Waals surface area contributed by atoms with Crippen molar-refractivity contribution in [3.8, 4) is 5.75 Å². The molecule has 1 aromatic carbocycles. The van der Waals surface area contributed by atoms with Crippen LogP contribution in [-0.4, -0.2) is 14.2 Å². The van der Waals surface area contributed by atoms with Gasteiger partial charge in [-0.1, -0.05) is 15.9 Å². The van der Waals surface area contributed by atoms with Gasteiger partial charge in [-0.25, -0.2) is 0 Å². The van der Waals surface area contributed by atoms with E-state index in [4.69, 9.17) is 9.15 Å². The largest absolute Gasteiger partial charge is 0.497 e. The summed E-state index contributed by atoms with van der Waals surface area (Å²) in [7, 11) is 3.68. The van der Waals surface area contributed by atoms with Crippen LogP contribution in [0.3, 0.4) is 0 Å². The van der Waals surface area contributed by atoms with Gasteiger partial charge in [-0.3, -0.25) is 0 Å². The van der Waals surface area contributed by atoms with Crippen molar-refractivity contribution in [2.24, 2.45) is 0 Å². The molecule has 3 nitrogen and oxygen atoms in total. The lowest BCUT2D eigenvalue weighted by Gasteiger charge is -2.18. The van der Waals surface area contributed by atoms with E-state index in [1.54, 1.807) is 7.11 Å². The fourth-order valence-electron chi connectivity index (χ4n) is 2.72. The Labute approximate surface area is 134 Å². The molecule has 0 aliphatic rings. The maximum absolute atomic E-state index is 5.76. The predicted octanol–water partition coefficient (Wildman–Crippen LogP) is 4.48. The van der Waals surface area contributed by atoms with Crippen LogP contribution < -0.4 is 10.1 Å². The third kappa shape index (κ3) is 3.33. The van der Waals surface area contributed by atoms with Gasteiger partial charge in [-0.05, 0) is 63.6 Å². The molecular weight excluding hydrogens is 330 g/mol. The zero-order valence-electron chi connectivity index (χ0n) is 13.2. The SMILES string of the molecule is CNC(Cc1cc(OC)ccc1Br)c1c(C)oc(C)c1C. The highest BCUT2D eigenvalue weighted by Crippen LogP contribution is 2.32. The van der Waals surface area contributed by atoms with Gasteiger partial charge in [0.05, 0.1) is 7.11 Å². The number of benzene rings is 1. The van der Waals surface area contributed by atoms with Crippen LogP contribution in [0, 0.1) is 20.8 Å². The zero-order valence-corrected chi connectivity index (χ0v) is 14.8. The minimum Gasteiger partial charge on any atom is -0.497 e. The molecule has 1 N–H and O–H groups in total. The van der Waals surface area contributed by atoms with Gasteiger partial charge in [0.15, 0.2) is 0 Å². The van der Waals surface area contributed by atoms with Gasteiger partial charge >= 0.3 is 0 Å². The third-order valence-corrected chi connectivity index (χ3v) is 4.77. The van der Waals surface area contributed by atoms with Gasteiger partial charge in [-0.2, -0.15) is 0 Å². The molecule has 0 bridgehead atoms. The highest BCUT2D eigenvalue weighted by Gasteiger charge is 2.21. The normalized spacial score (nSPS) is 12.5. The summed E-state index contributed by atoms with van der Waals surface area (Å²) in [4.78, 5) is 0. The van der Waals surface area contributed by atoms with Gasteiger partial charge < -0.3 is 14.5 Å². The Morgan fingerprint density at radius 2 is 1.95 bits per heavy atom. The number of methoxy groups -OCH3 is 1. The molecule has 114 valence electrons. The second kappa shape index (κ2) is 6.67. The Bertz CT molecular complexity index is 634. The highest BCUT2D eigenvalue weighted by atomic mass is 79.9. The summed E-state index contributed by atoms with van der Waals surface area (Å²) in [6.07, 6.45) is 0.870. The standard InChI is InChI=1S/C17H22BrNO2/c1-10-11(2)21-12(3)17(10)16(19-4)9-13-8-14(20-5)6-7-15(13)18/h6-8,16,19H,9H2,1-5H3. The molecule has 1 unspecified atom stereocenters. The molecule has 0 aliphatic heterocycles. The van der Waals surface area contributed by atoms with Gasteiger partial charge in [0.2, 0.25) is 0 Å². The van der Waals surface area contributed by atoms with Crippen LogP contribution in [0.2, 0.25) is 0 Å². The lowest BCUT2D eigenvalue weighted by molar-refractivity contribution is 0.413. The molecule has 1 heterocycles. The van der Waals surface area contributed by atoms with Gasteiger partial charge in [0.25, 0.3) is 0 Å². The first-order valence-corrected chi connectivity index (χ1v) is 7.83. The maximum Gasteiger partial charge on any atom is 0.119 e. The lowest BCUT2D eigenvalue weighted by Crippen LogP contribution is -2.20. The lowest BCUT2D eigenvalue weighted by atomic mass is 9.96. The van der Waals surface area contributed by atoms with Crippen molar-refractivity contribution in [2.75, 3.05) is 14.2 Å². The van der Waals surface area contributed by atoms with E-state index in [-0.39, 0.29) is 6.04 Å². The number of hydrogen-bond acceptors (Lipinski definition) is 3. The topological polar surface area (TPSA) is 34.4 Å². The molecule has 2 aromatic rings. The smallest absolute Gasteiger partial charge is 0.119 e. The molecule has 0 saturated heterocycles. The van der Waals surface area contributed by atoms with Crippen LogP contribution in [0.15, 0.2) is 27.1 Å². The number of hydrogen-bond donors (Lipinski definition) is 1. The molecule has 2 rings (SSSR count). The summed E-state index contributed by atoms with van der Waals surface area (Å²) in [6.45, 7) is 6.16. The van der Waals surface area contributed by atoms with Crippen molar-refractivity contribution >= 4 is 15.9 Å². The van der Waals surface area contributed by atoms with E-state index in [2.05, 4.69) is 34.2 Å². The van der Waals surface area contributed by atoms with E-state index in [0.29, 0.717) is 0 Å². The van der Waals surface area contributed by atoms with Crippen LogP contribution in [-0.2, 0) is 6.42 Å². The Morgan fingerprint density at radius 3 is 2.48 bits per heavy atom. The summed E-state index contributed by atoms with van der Waals surface area (Å²) in [5, 5.41) is 3.40. The number of nitrogens with one attached hydrogen (secondary N) is 1. The van der Waals surface area contributed by atoms with Crippen molar-refractivity contribution in [1.29, 1.82) is 0 Å². The average molecular weight is 352 g/mol. The first-order chi connectivity index (χ1) is 9.97. The first-order valence-electron chi connectivity index (χ1n) is 7.04. The summed E-state index contributed by atoms with van der Waals surface area (Å²) >= 11 is 3.63. The van der Waals surface area contributed by atoms with Gasteiger partial charge in [0.1, 0.15) is 17.3 Å². The molecule has 0 radical (unpaired) electrons. The highest BCUT2D eigenvalue weighted by molar-refractivity contribution is 9.10. The van der Waals surface area contributed by atoms with Crippen LogP contribution >= 0.6 is 15.9 Å². The summed E-state index contributed by atoms with van der Waals surface area (Å²) in [5.41, 5.74) is 3.70. The first kappa shape index (κ1) is 16.1. The maximum atomic E-state index is 5.76. The fourth-order valence-corrected chi connectivity index (χ4v) is 3.13. The minimum absolute atomic E-state index is 0.214. The van der Waals surface area contributed by atoms with Crippen molar-refractivity contribution in [2.45, 2.75) is 33.2 Å². The summed E-state index contributed by atoms with van der Waals surface area (Å²) < 4.78 is 12.2. The fraction of sp³-hybridized carbons (Fsp3) is 0.412. The van der Waals surface area contributed by atoms with Gasteiger partial charge in [-0.15, -0.1) is 0 Å². The van der Waals surface area contributed by atoms with Crippen LogP contribution in [0.5, 0.6) is 5.75 Å². The van der Waals surface area contributed by atoms with E-state index in [1.807, 2.05) is 33.0 Å². The number of ether oxygens (including phenoxy) is 1. The van der Waals surface area contributed by atoms with Crippen molar-refractivity contribution in [3.05, 3.63) is 50.9 Å².